The van der Waals surface area contributed by atoms with Crippen LogP contribution in [0.15, 0.2) is 30.3 Å². The predicted octanol–water partition coefficient (Wildman–Crippen LogP) is 3.14. The maximum absolute atomic E-state index is 9.88. The SMILES string of the molecule is CCNC(C#N)(CN1CCCC(C)(C)C1)c1ccccc1. The number of rotatable bonds is 5. The number of hydrogen-bond donors (Lipinski definition) is 1. The third kappa shape index (κ3) is 3.84. The van der Waals surface area contributed by atoms with Gasteiger partial charge in [0.2, 0.25) is 0 Å². The maximum atomic E-state index is 9.88. The summed E-state index contributed by atoms with van der Waals surface area (Å²) in [6, 6.07) is 12.7. The average molecular weight is 285 g/mol. The number of piperidine rings is 1. The van der Waals surface area contributed by atoms with Crippen molar-refractivity contribution >= 4 is 0 Å². The molecule has 0 aromatic heterocycles. The summed E-state index contributed by atoms with van der Waals surface area (Å²) in [5, 5.41) is 13.3. The summed E-state index contributed by atoms with van der Waals surface area (Å²) in [6.45, 7) is 10.4. The molecule has 1 saturated heterocycles. The van der Waals surface area contributed by atoms with Gasteiger partial charge in [-0.3, -0.25) is 10.2 Å². The van der Waals surface area contributed by atoms with Crippen molar-refractivity contribution in [2.45, 2.75) is 39.2 Å². The van der Waals surface area contributed by atoms with Gasteiger partial charge in [-0.1, -0.05) is 51.1 Å². The average Bonchev–Trinajstić information content (AvgIpc) is 2.46. The fourth-order valence-electron chi connectivity index (χ4n) is 3.43. The number of benzene rings is 1. The van der Waals surface area contributed by atoms with Crippen molar-refractivity contribution in [2.75, 3.05) is 26.2 Å². The molecule has 21 heavy (non-hydrogen) atoms. The van der Waals surface area contributed by atoms with E-state index in [2.05, 4.69) is 49.2 Å². The molecule has 1 atom stereocenters. The molecular formula is C18H27N3. The van der Waals surface area contributed by atoms with E-state index in [1.165, 1.54) is 12.8 Å². The fourth-order valence-corrected chi connectivity index (χ4v) is 3.43. The monoisotopic (exact) mass is 285 g/mol. The summed E-state index contributed by atoms with van der Waals surface area (Å²) in [7, 11) is 0. The first-order valence-corrected chi connectivity index (χ1v) is 7.95. The largest absolute Gasteiger partial charge is 0.300 e. The quantitative estimate of drug-likeness (QED) is 0.903. The highest BCUT2D eigenvalue weighted by Gasteiger charge is 2.36. The molecule has 1 fully saturated rings. The normalized spacial score (nSPS) is 21.4. The topological polar surface area (TPSA) is 39.1 Å². The molecule has 1 unspecified atom stereocenters. The lowest BCUT2D eigenvalue weighted by Crippen LogP contribution is -2.53. The van der Waals surface area contributed by atoms with Crippen LogP contribution in [0.5, 0.6) is 0 Å². The smallest absolute Gasteiger partial charge is 0.145 e. The summed E-state index contributed by atoms with van der Waals surface area (Å²) in [5.74, 6) is 0. The van der Waals surface area contributed by atoms with Crippen LogP contribution in [0.1, 0.15) is 39.2 Å². The van der Waals surface area contributed by atoms with Crippen LogP contribution in [0.4, 0.5) is 0 Å². The van der Waals surface area contributed by atoms with Crippen molar-refractivity contribution in [1.82, 2.24) is 10.2 Å². The zero-order chi connectivity index (χ0) is 15.3. The molecule has 1 aliphatic rings. The van der Waals surface area contributed by atoms with Crippen LogP contribution in [-0.2, 0) is 5.54 Å². The lowest BCUT2D eigenvalue weighted by Gasteiger charge is -2.42. The molecule has 3 heteroatoms. The first kappa shape index (κ1) is 16.0. The lowest BCUT2D eigenvalue weighted by atomic mass is 9.82. The molecule has 3 nitrogen and oxygen atoms in total. The molecule has 0 aliphatic carbocycles. The summed E-state index contributed by atoms with van der Waals surface area (Å²) in [5.41, 5.74) is 0.809. The summed E-state index contributed by atoms with van der Waals surface area (Å²) in [6.07, 6.45) is 2.49. The molecule has 1 aliphatic heterocycles. The van der Waals surface area contributed by atoms with E-state index in [1.807, 2.05) is 18.2 Å². The van der Waals surface area contributed by atoms with Gasteiger partial charge in [0, 0.05) is 13.1 Å². The highest BCUT2D eigenvalue weighted by molar-refractivity contribution is 5.32. The second-order valence-corrected chi connectivity index (χ2v) is 6.89. The minimum absolute atomic E-state index is 0.350. The van der Waals surface area contributed by atoms with Gasteiger partial charge in [-0.05, 0) is 36.9 Å². The fraction of sp³-hybridized carbons (Fsp3) is 0.611. The number of hydrogen-bond acceptors (Lipinski definition) is 3. The Bertz CT molecular complexity index is 489. The van der Waals surface area contributed by atoms with E-state index < -0.39 is 5.54 Å². The minimum Gasteiger partial charge on any atom is -0.300 e. The molecule has 1 N–H and O–H groups in total. The zero-order valence-corrected chi connectivity index (χ0v) is 13.5. The van der Waals surface area contributed by atoms with Crippen molar-refractivity contribution in [1.29, 1.82) is 5.26 Å². The Morgan fingerprint density at radius 2 is 2.05 bits per heavy atom. The van der Waals surface area contributed by atoms with Gasteiger partial charge in [-0.2, -0.15) is 5.26 Å². The van der Waals surface area contributed by atoms with E-state index in [4.69, 9.17) is 0 Å². The van der Waals surface area contributed by atoms with Crippen LogP contribution in [0.25, 0.3) is 0 Å². The van der Waals surface area contributed by atoms with Gasteiger partial charge in [-0.25, -0.2) is 0 Å². The van der Waals surface area contributed by atoms with E-state index in [1.54, 1.807) is 0 Å². The number of nitrogens with one attached hydrogen (secondary N) is 1. The Morgan fingerprint density at radius 3 is 2.62 bits per heavy atom. The highest BCUT2D eigenvalue weighted by atomic mass is 15.2. The van der Waals surface area contributed by atoms with Gasteiger partial charge in [0.25, 0.3) is 0 Å². The molecule has 1 aromatic carbocycles. The predicted molar refractivity (Wildman–Crippen MR) is 86.9 cm³/mol. The Kier molecular flexibility index (Phi) is 5.03. The first-order valence-electron chi connectivity index (χ1n) is 7.95. The lowest BCUT2D eigenvalue weighted by molar-refractivity contribution is 0.0962. The van der Waals surface area contributed by atoms with E-state index in [-0.39, 0.29) is 0 Å². The van der Waals surface area contributed by atoms with E-state index in [9.17, 15) is 5.26 Å². The van der Waals surface area contributed by atoms with E-state index in [0.29, 0.717) is 5.41 Å². The van der Waals surface area contributed by atoms with E-state index >= 15 is 0 Å². The molecule has 1 heterocycles. The van der Waals surface area contributed by atoms with Crippen molar-refractivity contribution in [2.24, 2.45) is 5.41 Å². The first-order chi connectivity index (χ1) is 10.0. The molecular weight excluding hydrogens is 258 g/mol. The summed E-state index contributed by atoms with van der Waals surface area (Å²) >= 11 is 0. The van der Waals surface area contributed by atoms with Crippen LogP contribution in [0.2, 0.25) is 0 Å². The molecule has 114 valence electrons. The van der Waals surface area contributed by atoms with Gasteiger partial charge in [0.1, 0.15) is 5.54 Å². The number of likely N-dealkylation sites (N-methyl/N-ethyl adjacent to an activating group) is 1. The summed E-state index contributed by atoms with van der Waals surface area (Å²) in [4.78, 5) is 2.45. The summed E-state index contributed by atoms with van der Waals surface area (Å²) < 4.78 is 0. The van der Waals surface area contributed by atoms with Crippen LogP contribution in [0, 0.1) is 16.7 Å². The van der Waals surface area contributed by atoms with Gasteiger partial charge >= 0.3 is 0 Å². The molecule has 0 radical (unpaired) electrons. The second kappa shape index (κ2) is 6.60. The van der Waals surface area contributed by atoms with Gasteiger partial charge in [0.15, 0.2) is 0 Å². The van der Waals surface area contributed by atoms with Crippen LogP contribution >= 0.6 is 0 Å². The number of likely N-dealkylation sites (tertiary alicyclic amines) is 1. The minimum atomic E-state index is -0.608. The molecule has 0 saturated carbocycles. The molecule has 0 spiro atoms. The molecule has 0 amide bonds. The van der Waals surface area contributed by atoms with Gasteiger partial charge in [-0.15, -0.1) is 0 Å². The Labute approximate surface area is 129 Å². The zero-order valence-electron chi connectivity index (χ0n) is 13.5. The van der Waals surface area contributed by atoms with E-state index in [0.717, 1.165) is 31.7 Å². The highest BCUT2D eigenvalue weighted by Crippen LogP contribution is 2.31. The van der Waals surface area contributed by atoms with Gasteiger partial charge < -0.3 is 0 Å². The van der Waals surface area contributed by atoms with Crippen LogP contribution in [0.3, 0.4) is 0 Å². The van der Waals surface area contributed by atoms with Crippen LogP contribution < -0.4 is 5.32 Å². The molecule has 0 bridgehead atoms. The third-order valence-electron chi connectivity index (χ3n) is 4.38. The van der Waals surface area contributed by atoms with Crippen molar-refractivity contribution < 1.29 is 0 Å². The second-order valence-electron chi connectivity index (χ2n) is 6.89. The Hall–Kier alpha value is -1.37. The Morgan fingerprint density at radius 1 is 1.33 bits per heavy atom. The van der Waals surface area contributed by atoms with Crippen molar-refractivity contribution in [3.63, 3.8) is 0 Å². The van der Waals surface area contributed by atoms with Crippen LogP contribution in [-0.4, -0.2) is 31.1 Å². The molecule has 1 aromatic rings. The van der Waals surface area contributed by atoms with Gasteiger partial charge in [0.05, 0.1) is 6.07 Å². The van der Waals surface area contributed by atoms with Crippen molar-refractivity contribution in [3.05, 3.63) is 35.9 Å². The Balaban J connectivity index is 2.23. The van der Waals surface area contributed by atoms with Crippen molar-refractivity contribution in [3.8, 4) is 6.07 Å². The third-order valence-corrected chi connectivity index (χ3v) is 4.38. The number of nitrogens with zero attached hydrogens (tertiary/aromatic N) is 2. The maximum Gasteiger partial charge on any atom is 0.145 e. The standard InChI is InChI=1S/C18H27N3/c1-4-20-18(13-19,16-9-6-5-7-10-16)15-21-12-8-11-17(2,3)14-21/h5-7,9-10,20H,4,8,11-12,14-15H2,1-3H3. The number of nitriles is 1. The molecule has 2 rings (SSSR count).